The minimum Gasteiger partial charge on any atom is -0.392 e. The number of nitrogens with zero attached hydrogens (tertiary/aromatic N) is 3. The van der Waals surface area contributed by atoms with Crippen molar-refractivity contribution in [1.29, 1.82) is 0 Å². The highest BCUT2D eigenvalue weighted by atomic mass is 16.3. The second-order valence-electron chi connectivity index (χ2n) is 8.69. The molecule has 0 radical (unpaired) electrons. The fraction of sp³-hybridized carbons (Fsp3) is 0.231. The average molecular weight is 424 g/mol. The van der Waals surface area contributed by atoms with Gasteiger partial charge in [0.25, 0.3) is 0 Å². The molecular formula is C26H25N5O. The van der Waals surface area contributed by atoms with Gasteiger partial charge in [-0.3, -0.25) is 10.00 Å². The van der Waals surface area contributed by atoms with Crippen LogP contribution in [0.5, 0.6) is 0 Å². The van der Waals surface area contributed by atoms with Crippen molar-refractivity contribution in [3.63, 3.8) is 0 Å². The molecule has 4 heterocycles. The third kappa shape index (κ3) is 3.47. The average Bonchev–Trinajstić information content (AvgIpc) is 3.46. The summed E-state index contributed by atoms with van der Waals surface area (Å²) in [6, 6.07) is 17.1. The molecule has 1 aliphatic heterocycles. The lowest BCUT2D eigenvalue weighted by Gasteiger charge is -2.29. The van der Waals surface area contributed by atoms with Crippen LogP contribution >= 0.6 is 0 Å². The second-order valence-corrected chi connectivity index (χ2v) is 8.69. The number of fused-ring (bicyclic) bond motifs is 2. The molecule has 1 unspecified atom stereocenters. The monoisotopic (exact) mass is 423 g/mol. The molecule has 6 rings (SSSR count). The van der Waals surface area contributed by atoms with Crippen molar-refractivity contribution >= 4 is 21.9 Å². The lowest BCUT2D eigenvalue weighted by atomic mass is 9.99. The van der Waals surface area contributed by atoms with Gasteiger partial charge in [0.1, 0.15) is 5.65 Å². The molecule has 0 amide bonds. The maximum atomic E-state index is 9.91. The lowest BCUT2D eigenvalue weighted by Crippen LogP contribution is -2.37. The molecule has 32 heavy (non-hydrogen) atoms. The van der Waals surface area contributed by atoms with Gasteiger partial charge in [-0.25, -0.2) is 4.98 Å². The summed E-state index contributed by atoms with van der Waals surface area (Å²) >= 11 is 0. The number of piperidine rings is 1. The summed E-state index contributed by atoms with van der Waals surface area (Å²) in [5.74, 6) is 0. The largest absolute Gasteiger partial charge is 0.392 e. The first kappa shape index (κ1) is 19.2. The number of H-pyrrole nitrogens is 2. The Morgan fingerprint density at radius 1 is 1.00 bits per heavy atom. The number of benzene rings is 2. The zero-order valence-electron chi connectivity index (χ0n) is 17.8. The van der Waals surface area contributed by atoms with E-state index in [4.69, 9.17) is 0 Å². The van der Waals surface area contributed by atoms with Gasteiger partial charge in [-0.2, -0.15) is 5.10 Å². The maximum absolute atomic E-state index is 9.91. The third-order valence-corrected chi connectivity index (χ3v) is 6.48. The van der Waals surface area contributed by atoms with Gasteiger partial charge in [0.15, 0.2) is 0 Å². The molecule has 1 atom stereocenters. The summed E-state index contributed by atoms with van der Waals surface area (Å²) in [5.41, 5.74) is 7.68. The summed E-state index contributed by atoms with van der Waals surface area (Å²) in [4.78, 5) is 10.3. The predicted octanol–water partition coefficient (Wildman–Crippen LogP) is 4.73. The number of hydrogen-bond acceptors (Lipinski definition) is 4. The van der Waals surface area contributed by atoms with Gasteiger partial charge in [-0.15, -0.1) is 0 Å². The Morgan fingerprint density at radius 3 is 2.78 bits per heavy atom. The third-order valence-electron chi connectivity index (χ3n) is 6.48. The number of aromatic nitrogens is 4. The van der Waals surface area contributed by atoms with Crippen molar-refractivity contribution in [2.45, 2.75) is 25.5 Å². The quantitative estimate of drug-likeness (QED) is 0.390. The highest BCUT2D eigenvalue weighted by Gasteiger charge is 2.17. The van der Waals surface area contributed by atoms with Crippen molar-refractivity contribution in [1.82, 2.24) is 25.1 Å². The Labute approximate surface area is 185 Å². The number of likely N-dealkylation sites (tertiary alicyclic amines) is 1. The molecule has 2 aromatic carbocycles. The van der Waals surface area contributed by atoms with Gasteiger partial charge in [-0.1, -0.05) is 36.4 Å². The number of aromatic amines is 2. The summed E-state index contributed by atoms with van der Waals surface area (Å²) in [5, 5.41) is 19.4. The molecule has 6 nitrogen and oxygen atoms in total. The summed E-state index contributed by atoms with van der Waals surface area (Å²) in [6.45, 7) is 2.70. The summed E-state index contributed by atoms with van der Waals surface area (Å²) < 4.78 is 0. The summed E-state index contributed by atoms with van der Waals surface area (Å²) in [7, 11) is 0. The minimum absolute atomic E-state index is 0.190. The Hall–Kier alpha value is -3.48. The first-order valence-electron chi connectivity index (χ1n) is 11.1. The molecule has 0 aliphatic carbocycles. The van der Waals surface area contributed by atoms with Crippen LogP contribution in [0.3, 0.4) is 0 Å². The van der Waals surface area contributed by atoms with E-state index in [-0.39, 0.29) is 6.10 Å². The van der Waals surface area contributed by atoms with Crippen molar-refractivity contribution in [3.8, 4) is 22.3 Å². The Bertz CT molecular complexity index is 1380. The van der Waals surface area contributed by atoms with E-state index in [1.54, 1.807) is 0 Å². The van der Waals surface area contributed by atoms with E-state index < -0.39 is 0 Å². The van der Waals surface area contributed by atoms with Crippen LogP contribution in [0.25, 0.3) is 44.2 Å². The van der Waals surface area contributed by atoms with Gasteiger partial charge >= 0.3 is 0 Å². The van der Waals surface area contributed by atoms with E-state index in [2.05, 4.69) is 61.5 Å². The van der Waals surface area contributed by atoms with Gasteiger partial charge in [0.2, 0.25) is 0 Å². The molecule has 5 aromatic rings. The van der Waals surface area contributed by atoms with Gasteiger partial charge in [0, 0.05) is 47.4 Å². The predicted molar refractivity (Wildman–Crippen MR) is 127 cm³/mol. The van der Waals surface area contributed by atoms with Crippen LogP contribution in [-0.2, 0) is 6.54 Å². The molecule has 1 saturated heterocycles. The van der Waals surface area contributed by atoms with Crippen LogP contribution in [0.1, 0.15) is 18.4 Å². The molecule has 0 bridgehead atoms. The Kier molecular flexibility index (Phi) is 4.74. The van der Waals surface area contributed by atoms with Crippen LogP contribution in [0.2, 0.25) is 0 Å². The Morgan fingerprint density at radius 2 is 1.91 bits per heavy atom. The van der Waals surface area contributed by atoms with E-state index in [1.165, 1.54) is 5.56 Å². The van der Waals surface area contributed by atoms with Crippen molar-refractivity contribution < 1.29 is 5.11 Å². The van der Waals surface area contributed by atoms with Crippen LogP contribution in [0.15, 0.2) is 67.1 Å². The molecular weight excluding hydrogens is 398 g/mol. The lowest BCUT2D eigenvalue weighted by molar-refractivity contribution is 0.0668. The normalized spacial score (nSPS) is 17.3. The van der Waals surface area contributed by atoms with E-state index in [0.29, 0.717) is 0 Å². The second kappa shape index (κ2) is 7.89. The fourth-order valence-electron chi connectivity index (χ4n) is 4.82. The van der Waals surface area contributed by atoms with Crippen LogP contribution in [0.4, 0.5) is 0 Å². The minimum atomic E-state index is -0.190. The molecule has 6 heteroatoms. The molecule has 0 saturated carbocycles. The first-order chi connectivity index (χ1) is 15.7. The number of rotatable bonds is 4. The number of pyridine rings is 1. The summed E-state index contributed by atoms with van der Waals surface area (Å²) in [6.07, 6.45) is 7.62. The highest BCUT2D eigenvalue weighted by molar-refractivity contribution is 6.04. The SMILES string of the molecule is OC1CCCN(Cc2ccc(-c3cnc4[nH]cc(-c5cccc6[nH]ncc56)c4c3)cc2)C1. The molecule has 0 spiro atoms. The Balaban J connectivity index is 1.31. The standard InChI is InChI=1S/C26H25N5O/c32-20-3-2-10-31(16-20)15-17-6-8-18(9-7-17)19-11-22-23(13-28-26(22)27-12-19)21-4-1-5-25-24(21)14-29-30-25/h1,4-9,11-14,20,32H,2-3,10,15-16H2,(H,27,28)(H,29,30). The number of aliphatic hydroxyl groups is 1. The first-order valence-corrected chi connectivity index (χ1v) is 11.1. The molecule has 160 valence electrons. The zero-order chi connectivity index (χ0) is 21.5. The highest BCUT2D eigenvalue weighted by Crippen LogP contribution is 2.34. The van der Waals surface area contributed by atoms with Crippen LogP contribution in [-0.4, -0.2) is 49.4 Å². The van der Waals surface area contributed by atoms with Crippen molar-refractivity contribution in [2.75, 3.05) is 13.1 Å². The smallest absolute Gasteiger partial charge is 0.137 e. The number of aliphatic hydroxyl groups excluding tert-OH is 1. The van der Waals surface area contributed by atoms with Gasteiger partial charge < -0.3 is 10.1 Å². The van der Waals surface area contributed by atoms with Crippen LogP contribution < -0.4 is 0 Å². The molecule has 1 fully saturated rings. The molecule has 1 aliphatic rings. The zero-order valence-corrected chi connectivity index (χ0v) is 17.8. The number of nitrogens with one attached hydrogen (secondary N) is 2. The van der Waals surface area contributed by atoms with Gasteiger partial charge in [0.05, 0.1) is 17.8 Å². The maximum Gasteiger partial charge on any atom is 0.137 e. The molecule has 3 aromatic heterocycles. The van der Waals surface area contributed by atoms with E-state index in [9.17, 15) is 5.11 Å². The van der Waals surface area contributed by atoms with E-state index in [1.807, 2.05) is 30.7 Å². The van der Waals surface area contributed by atoms with Gasteiger partial charge in [-0.05, 0) is 48.2 Å². The van der Waals surface area contributed by atoms with Crippen molar-refractivity contribution in [3.05, 3.63) is 72.7 Å². The topological polar surface area (TPSA) is 80.8 Å². The fourth-order valence-corrected chi connectivity index (χ4v) is 4.82. The number of β-amino-alcohol motifs (C(OH)–C–C–N with tert-alkyl or cyclic N) is 1. The van der Waals surface area contributed by atoms with Crippen molar-refractivity contribution in [2.24, 2.45) is 0 Å². The van der Waals surface area contributed by atoms with Crippen LogP contribution in [0, 0.1) is 0 Å². The molecule has 3 N–H and O–H groups in total. The van der Waals surface area contributed by atoms with E-state index >= 15 is 0 Å². The number of hydrogen-bond donors (Lipinski definition) is 3. The van der Waals surface area contributed by atoms with E-state index in [0.717, 1.165) is 76.7 Å².